The van der Waals surface area contributed by atoms with Gasteiger partial charge < -0.3 is 11.1 Å². The van der Waals surface area contributed by atoms with Crippen LogP contribution >= 0.6 is 0 Å². The second kappa shape index (κ2) is 4.15. The average Bonchev–Trinajstić information content (AvgIpc) is 3.04. The molecule has 88 valence electrons. The molecule has 1 fully saturated rings. The van der Waals surface area contributed by atoms with Crippen molar-refractivity contribution in [2.45, 2.75) is 26.7 Å². The number of nitrogens with zero attached hydrogens (tertiary/aromatic N) is 1. The van der Waals surface area contributed by atoms with Crippen LogP contribution in [0.15, 0.2) is 0 Å². The second-order valence-electron chi connectivity index (χ2n) is 4.64. The van der Waals surface area contributed by atoms with Crippen molar-refractivity contribution in [3.63, 3.8) is 0 Å². The van der Waals surface area contributed by atoms with Gasteiger partial charge in [0, 0.05) is 6.54 Å². The SMILES string of the molecule is Cc1[nH]nc(C(=O)NCC(C)C2CC2)c1N. The minimum Gasteiger partial charge on any atom is -0.395 e. The van der Waals surface area contributed by atoms with E-state index in [-0.39, 0.29) is 5.91 Å². The van der Waals surface area contributed by atoms with Crippen LogP contribution in [0.5, 0.6) is 0 Å². The number of carbonyl (C=O) groups excluding carboxylic acids is 1. The fourth-order valence-electron chi connectivity index (χ4n) is 1.78. The van der Waals surface area contributed by atoms with E-state index in [4.69, 9.17) is 5.73 Å². The Balaban J connectivity index is 1.90. The Morgan fingerprint density at radius 2 is 2.38 bits per heavy atom. The van der Waals surface area contributed by atoms with Gasteiger partial charge in [-0.3, -0.25) is 9.89 Å². The van der Waals surface area contributed by atoms with E-state index in [1.54, 1.807) is 6.92 Å². The first-order valence-electron chi connectivity index (χ1n) is 5.68. The van der Waals surface area contributed by atoms with Crippen molar-refractivity contribution in [3.8, 4) is 0 Å². The Labute approximate surface area is 94.8 Å². The number of amides is 1. The largest absolute Gasteiger partial charge is 0.395 e. The van der Waals surface area contributed by atoms with E-state index in [0.29, 0.717) is 23.8 Å². The fourth-order valence-corrected chi connectivity index (χ4v) is 1.78. The number of nitrogens with one attached hydrogen (secondary N) is 2. The Morgan fingerprint density at radius 1 is 1.69 bits per heavy atom. The number of hydrogen-bond acceptors (Lipinski definition) is 3. The molecule has 0 radical (unpaired) electrons. The lowest BCUT2D eigenvalue weighted by atomic mass is 10.1. The van der Waals surface area contributed by atoms with Gasteiger partial charge in [-0.25, -0.2) is 0 Å². The van der Waals surface area contributed by atoms with Gasteiger partial charge in [-0.05, 0) is 31.6 Å². The highest BCUT2D eigenvalue weighted by Crippen LogP contribution is 2.36. The van der Waals surface area contributed by atoms with Crippen molar-refractivity contribution < 1.29 is 4.79 Å². The summed E-state index contributed by atoms with van der Waals surface area (Å²) in [4.78, 5) is 11.8. The Kier molecular flexibility index (Phi) is 2.85. The summed E-state index contributed by atoms with van der Waals surface area (Å²) >= 11 is 0. The molecule has 0 aliphatic heterocycles. The third kappa shape index (κ3) is 2.18. The van der Waals surface area contributed by atoms with Gasteiger partial charge >= 0.3 is 0 Å². The van der Waals surface area contributed by atoms with E-state index in [1.165, 1.54) is 12.8 Å². The lowest BCUT2D eigenvalue weighted by Crippen LogP contribution is -2.29. The molecule has 1 amide bonds. The first-order valence-corrected chi connectivity index (χ1v) is 5.68. The van der Waals surface area contributed by atoms with E-state index < -0.39 is 0 Å². The van der Waals surface area contributed by atoms with Crippen LogP contribution in [-0.4, -0.2) is 22.6 Å². The van der Waals surface area contributed by atoms with Crippen molar-refractivity contribution in [1.82, 2.24) is 15.5 Å². The average molecular weight is 222 g/mol. The zero-order chi connectivity index (χ0) is 11.7. The molecule has 1 aromatic heterocycles. The van der Waals surface area contributed by atoms with Crippen molar-refractivity contribution in [2.24, 2.45) is 11.8 Å². The van der Waals surface area contributed by atoms with E-state index in [0.717, 1.165) is 11.6 Å². The zero-order valence-electron chi connectivity index (χ0n) is 9.71. The lowest BCUT2D eigenvalue weighted by Gasteiger charge is -2.10. The number of aromatic amines is 1. The maximum absolute atomic E-state index is 11.8. The van der Waals surface area contributed by atoms with Crippen LogP contribution in [0.1, 0.15) is 35.9 Å². The maximum Gasteiger partial charge on any atom is 0.273 e. The predicted octanol–water partition coefficient (Wildman–Crippen LogP) is 1.08. The van der Waals surface area contributed by atoms with E-state index in [9.17, 15) is 4.79 Å². The molecule has 1 atom stereocenters. The Hall–Kier alpha value is -1.52. The quantitative estimate of drug-likeness (QED) is 0.712. The van der Waals surface area contributed by atoms with Crippen molar-refractivity contribution in [1.29, 1.82) is 0 Å². The molecule has 1 heterocycles. The lowest BCUT2D eigenvalue weighted by molar-refractivity contribution is 0.0942. The molecule has 0 aromatic carbocycles. The number of aryl methyl sites for hydroxylation is 1. The standard InChI is InChI=1S/C11H18N4O/c1-6(8-3-4-8)5-13-11(16)10-9(12)7(2)14-15-10/h6,8H,3-5,12H2,1-2H3,(H,13,16)(H,14,15). The van der Waals surface area contributed by atoms with Crippen LogP contribution in [0, 0.1) is 18.8 Å². The molecule has 4 N–H and O–H groups in total. The normalized spacial score (nSPS) is 17.1. The topological polar surface area (TPSA) is 83.8 Å². The molecule has 1 aromatic rings. The Bertz CT molecular complexity index is 395. The molecule has 2 rings (SSSR count). The van der Waals surface area contributed by atoms with Gasteiger partial charge in [-0.15, -0.1) is 0 Å². The second-order valence-corrected chi connectivity index (χ2v) is 4.64. The zero-order valence-corrected chi connectivity index (χ0v) is 9.71. The number of nitrogens with two attached hydrogens (primary N) is 1. The molecular weight excluding hydrogens is 204 g/mol. The summed E-state index contributed by atoms with van der Waals surface area (Å²) in [5.74, 6) is 1.15. The van der Waals surface area contributed by atoms with Gasteiger partial charge in [0.2, 0.25) is 0 Å². The van der Waals surface area contributed by atoms with Crippen LogP contribution < -0.4 is 11.1 Å². The summed E-state index contributed by atoms with van der Waals surface area (Å²) in [5, 5.41) is 9.47. The van der Waals surface area contributed by atoms with E-state index >= 15 is 0 Å². The van der Waals surface area contributed by atoms with Crippen LogP contribution in [0.4, 0.5) is 5.69 Å². The molecule has 0 spiro atoms. The van der Waals surface area contributed by atoms with Gasteiger partial charge in [0.05, 0.1) is 11.4 Å². The van der Waals surface area contributed by atoms with Gasteiger partial charge in [-0.2, -0.15) is 5.10 Å². The highest BCUT2D eigenvalue weighted by molar-refractivity contribution is 5.97. The van der Waals surface area contributed by atoms with Gasteiger partial charge in [0.15, 0.2) is 5.69 Å². The molecule has 0 saturated heterocycles. The van der Waals surface area contributed by atoms with Crippen molar-refractivity contribution in [2.75, 3.05) is 12.3 Å². The van der Waals surface area contributed by atoms with Crippen molar-refractivity contribution >= 4 is 11.6 Å². The van der Waals surface area contributed by atoms with Crippen LogP contribution in [0.25, 0.3) is 0 Å². The minimum atomic E-state index is -0.186. The molecule has 1 aliphatic rings. The molecule has 1 aliphatic carbocycles. The van der Waals surface area contributed by atoms with E-state index in [2.05, 4.69) is 22.4 Å². The van der Waals surface area contributed by atoms with E-state index in [1.807, 2.05) is 0 Å². The highest BCUT2D eigenvalue weighted by atomic mass is 16.1. The van der Waals surface area contributed by atoms with Gasteiger partial charge in [0.25, 0.3) is 5.91 Å². The first-order chi connectivity index (χ1) is 7.59. The number of aromatic nitrogens is 2. The summed E-state index contributed by atoms with van der Waals surface area (Å²) in [5.41, 5.74) is 7.21. The van der Waals surface area contributed by atoms with Crippen LogP contribution in [-0.2, 0) is 0 Å². The smallest absolute Gasteiger partial charge is 0.273 e. The predicted molar refractivity (Wildman–Crippen MR) is 62.0 cm³/mol. The monoisotopic (exact) mass is 222 g/mol. The van der Waals surface area contributed by atoms with Gasteiger partial charge in [0.1, 0.15) is 0 Å². The molecule has 1 unspecified atom stereocenters. The molecule has 1 saturated carbocycles. The maximum atomic E-state index is 11.8. The number of hydrogen-bond donors (Lipinski definition) is 3. The first kappa shape index (κ1) is 11.0. The fraction of sp³-hybridized carbons (Fsp3) is 0.636. The van der Waals surface area contributed by atoms with Crippen LogP contribution in [0.2, 0.25) is 0 Å². The Morgan fingerprint density at radius 3 is 2.88 bits per heavy atom. The third-order valence-corrected chi connectivity index (χ3v) is 3.22. The van der Waals surface area contributed by atoms with Crippen LogP contribution in [0.3, 0.4) is 0 Å². The number of nitrogen functional groups attached to an aromatic ring is 1. The summed E-state index contributed by atoms with van der Waals surface area (Å²) in [7, 11) is 0. The molecule has 0 bridgehead atoms. The molecular formula is C11H18N4O. The number of rotatable bonds is 4. The summed E-state index contributed by atoms with van der Waals surface area (Å²) in [6.45, 7) is 4.66. The van der Waals surface area contributed by atoms with Gasteiger partial charge in [-0.1, -0.05) is 6.92 Å². The number of anilines is 1. The third-order valence-electron chi connectivity index (χ3n) is 3.22. The number of carbonyl (C=O) groups is 1. The summed E-state index contributed by atoms with van der Waals surface area (Å²) in [6, 6.07) is 0. The minimum absolute atomic E-state index is 0.186. The molecule has 16 heavy (non-hydrogen) atoms. The van der Waals surface area contributed by atoms with Crippen molar-refractivity contribution in [3.05, 3.63) is 11.4 Å². The molecule has 5 nitrogen and oxygen atoms in total. The summed E-state index contributed by atoms with van der Waals surface area (Å²) < 4.78 is 0. The highest BCUT2D eigenvalue weighted by Gasteiger charge is 2.28. The number of H-pyrrole nitrogens is 1. The molecule has 5 heteroatoms. The summed E-state index contributed by atoms with van der Waals surface area (Å²) in [6.07, 6.45) is 2.58.